The van der Waals surface area contributed by atoms with E-state index in [4.69, 9.17) is 39.5 Å². The molecular formula is C14H9Cl3O2. The fraction of sp³-hybridized carbons (Fsp3) is 0.0714. The predicted molar refractivity (Wildman–Crippen MR) is 77.7 cm³/mol. The molecule has 0 spiro atoms. The quantitative estimate of drug-likeness (QED) is 0.749. The van der Waals surface area contributed by atoms with Crippen molar-refractivity contribution in [2.24, 2.45) is 0 Å². The Kier molecular flexibility index (Phi) is 4.70. The van der Waals surface area contributed by atoms with Crippen LogP contribution >= 0.6 is 34.8 Å². The summed E-state index contributed by atoms with van der Waals surface area (Å²) in [5.41, 5.74) is 0.521. The lowest BCUT2D eigenvalue weighted by Gasteiger charge is -2.09. The van der Waals surface area contributed by atoms with Crippen LogP contribution < -0.4 is 4.74 Å². The van der Waals surface area contributed by atoms with Crippen LogP contribution in [-0.2, 0) is 0 Å². The van der Waals surface area contributed by atoms with Crippen LogP contribution in [0.4, 0.5) is 0 Å². The van der Waals surface area contributed by atoms with Gasteiger partial charge in [0.2, 0.25) is 0 Å². The summed E-state index contributed by atoms with van der Waals surface area (Å²) in [7, 11) is 0. The molecule has 0 atom stereocenters. The van der Waals surface area contributed by atoms with Gasteiger partial charge in [-0.05, 0) is 36.4 Å². The Morgan fingerprint density at radius 3 is 2.11 bits per heavy atom. The molecule has 0 unspecified atom stereocenters. The SMILES string of the molecule is O=C(COc1c(Cl)cccc1Cl)c1ccc(Cl)cc1. The monoisotopic (exact) mass is 314 g/mol. The van der Waals surface area contributed by atoms with Gasteiger partial charge in [-0.1, -0.05) is 40.9 Å². The molecule has 0 N–H and O–H groups in total. The van der Waals surface area contributed by atoms with Crippen LogP contribution in [0.2, 0.25) is 15.1 Å². The minimum Gasteiger partial charge on any atom is -0.482 e. The van der Waals surface area contributed by atoms with Gasteiger partial charge in [0.1, 0.15) is 0 Å². The fourth-order valence-corrected chi connectivity index (χ4v) is 2.11. The predicted octanol–water partition coefficient (Wildman–Crippen LogP) is 4.91. The standard InChI is InChI=1S/C14H9Cl3O2/c15-10-6-4-9(5-7-10)13(18)8-19-14-11(16)2-1-3-12(14)17/h1-7H,8H2. The van der Waals surface area contributed by atoms with Gasteiger partial charge in [-0.25, -0.2) is 0 Å². The molecule has 2 nitrogen and oxygen atoms in total. The Bertz CT molecular complexity index is 574. The normalized spacial score (nSPS) is 10.3. The summed E-state index contributed by atoms with van der Waals surface area (Å²) < 4.78 is 5.37. The number of hydrogen-bond donors (Lipinski definition) is 0. The number of halogens is 3. The molecule has 0 aliphatic rings. The molecule has 2 aromatic carbocycles. The van der Waals surface area contributed by atoms with Crippen molar-refractivity contribution >= 4 is 40.6 Å². The first kappa shape index (κ1) is 14.2. The lowest BCUT2D eigenvalue weighted by atomic mass is 10.1. The van der Waals surface area contributed by atoms with Crippen LogP contribution in [0.3, 0.4) is 0 Å². The highest BCUT2D eigenvalue weighted by atomic mass is 35.5. The van der Waals surface area contributed by atoms with E-state index < -0.39 is 0 Å². The average molecular weight is 316 g/mol. The van der Waals surface area contributed by atoms with E-state index in [9.17, 15) is 4.79 Å². The number of para-hydroxylation sites is 1. The van der Waals surface area contributed by atoms with E-state index >= 15 is 0 Å². The molecule has 2 rings (SSSR count). The minimum atomic E-state index is -0.173. The maximum Gasteiger partial charge on any atom is 0.200 e. The van der Waals surface area contributed by atoms with Gasteiger partial charge in [-0.3, -0.25) is 4.79 Å². The van der Waals surface area contributed by atoms with Crippen LogP contribution in [0.5, 0.6) is 5.75 Å². The van der Waals surface area contributed by atoms with Crippen molar-refractivity contribution in [3.05, 3.63) is 63.1 Å². The number of benzene rings is 2. The molecule has 0 saturated carbocycles. The molecule has 0 aromatic heterocycles. The van der Waals surface area contributed by atoms with Crippen LogP contribution in [-0.4, -0.2) is 12.4 Å². The van der Waals surface area contributed by atoms with Crippen molar-refractivity contribution in [3.63, 3.8) is 0 Å². The largest absolute Gasteiger partial charge is 0.482 e. The Morgan fingerprint density at radius 1 is 0.947 bits per heavy atom. The van der Waals surface area contributed by atoms with E-state index in [0.29, 0.717) is 26.4 Å². The van der Waals surface area contributed by atoms with Crippen molar-refractivity contribution in [1.82, 2.24) is 0 Å². The maximum absolute atomic E-state index is 11.9. The molecule has 0 radical (unpaired) electrons. The first-order chi connectivity index (χ1) is 9.08. The number of hydrogen-bond acceptors (Lipinski definition) is 2. The number of Topliss-reactive ketones (excluding diaryl/α,β-unsaturated/α-hetero) is 1. The molecular weight excluding hydrogens is 307 g/mol. The first-order valence-corrected chi connectivity index (χ1v) is 6.57. The zero-order valence-corrected chi connectivity index (χ0v) is 12.0. The molecule has 19 heavy (non-hydrogen) atoms. The average Bonchev–Trinajstić information content (AvgIpc) is 2.38. The number of ether oxygens (including phenoxy) is 1. The highest BCUT2D eigenvalue weighted by Crippen LogP contribution is 2.32. The second kappa shape index (κ2) is 6.29. The van der Waals surface area contributed by atoms with E-state index in [0.717, 1.165) is 0 Å². The molecule has 0 heterocycles. The molecule has 0 fully saturated rings. The first-order valence-electron chi connectivity index (χ1n) is 5.43. The highest BCUT2D eigenvalue weighted by molar-refractivity contribution is 6.37. The third-order valence-corrected chi connectivity index (χ3v) is 3.28. The summed E-state index contributed by atoms with van der Waals surface area (Å²) in [5, 5.41) is 1.32. The number of ketones is 1. The van der Waals surface area contributed by atoms with Crippen LogP contribution in [0, 0.1) is 0 Å². The third kappa shape index (κ3) is 3.63. The fourth-order valence-electron chi connectivity index (χ4n) is 1.48. The van der Waals surface area contributed by atoms with Crippen molar-refractivity contribution in [2.45, 2.75) is 0 Å². The molecule has 0 bridgehead atoms. The Labute approximate surface area is 125 Å². The Morgan fingerprint density at radius 2 is 1.53 bits per heavy atom. The summed E-state index contributed by atoms with van der Waals surface area (Å²) >= 11 is 17.6. The summed E-state index contributed by atoms with van der Waals surface area (Å²) in [5.74, 6) is 0.140. The van der Waals surface area contributed by atoms with Crippen molar-refractivity contribution < 1.29 is 9.53 Å². The summed E-state index contributed by atoms with van der Waals surface area (Å²) in [6.45, 7) is -0.134. The van der Waals surface area contributed by atoms with Gasteiger partial charge in [0, 0.05) is 10.6 Å². The number of carbonyl (C=O) groups is 1. The third-order valence-electron chi connectivity index (χ3n) is 2.43. The minimum absolute atomic E-state index is 0.134. The molecule has 0 aliphatic heterocycles. The molecule has 0 aliphatic carbocycles. The lowest BCUT2D eigenvalue weighted by Crippen LogP contribution is -2.11. The van der Waals surface area contributed by atoms with Crippen LogP contribution in [0.1, 0.15) is 10.4 Å². The van der Waals surface area contributed by atoms with Gasteiger partial charge in [0.05, 0.1) is 10.0 Å². The van der Waals surface area contributed by atoms with Crippen molar-refractivity contribution in [2.75, 3.05) is 6.61 Å². The van der Waals surface area contributed by atoms with Crippen molar-refractivity contribution in [3.8, 4) is 5.75 Å². The summed E-state index contributed by atoms with van der Waals surface area (Å²) in [6.07, 6.45) is 0. The van der Waals surface area contributed by atoms with Gasteiger partial charge in [-0.15, -0.1) is 0 Å². The smallest absolute Gasteiger partial charge is 0.200 e. The topological polar surface area (TPSA) is 26.3 Å². The maximum atomic E-state index is 11.9. The molecule has 2 aromatic rings. The molecule has 98 valence electrons. The zero-order valence-electron chi connectivity index (χ0n) is 9.70. The number of rotatable bonds is 4. The van der Waals surface area contributed by atoms with Gasteiger partial charge in [-0.2, -0.15) is 0 Å². The molecule has 0 amide bonds. The van der Waals surface area contributed by atoms with Gasteiger partial charge >= 0.3 is 0 Å². The van der Waals surface area contributed by atoms with Crippen LogP contribution in [0.25, 0.3) is 0 Å². The molecule has 0 saturated heterocycles. The molecule has 5 heteroatoms. The van der Waals surface area contributed by atoms with Crippen LogP contribution in [0.15, 0.2) is 42.5 Å². The summed E-state index contributed by atoms with van der Waals surface area (Å²) in [6, 6.07) is 11.6. The van der Waals surface area contributed by atoms with Gasteiger partial charge < -0.3 is 4.74 Å². The van der Waals surface area contributed by atoms with E-state index in [-0.39, 0.29) is 12.4 Å². The van der Waals surface area contributed by atoms with E-state index in [1.807, 2.05) is 0 Å². The van der Waals surface area contributed by atoms with Gasteiger partial charge in [0.25, 0.3) is 0 Å². The van der Waals surface area contributed by atoms with Gasteiger partial charge in [0.15, 0.2) is 18.1 Å². The second-order valence-corrected chi connectivity index (χ2v) is 5.02. The van der Waals surface area contributed by atoms with E-state index in [1.165, 1.54) is 0 Å². The highest BCUT2D eigenvalue weighted by Gasteiger charge is 2.11. The zero-order chi connectivity index (χ0) is 13.8. The Balaban J connectivity index is 2.06. The number of carbonyl (C=O) groups excluding carboxylic acids is 1. The summed E-state index contributed by atoms with van der Waals surface area (Å²) in [4.78, 5) is 11.9. The lowest BCUT2D eigenvalue weighted by molar-refractivity contribution is 0.0922. The van der Waals surface area contributed by atoms with E-state index in [2.05, 4.69) is 0 Å². The second-order valence-electron chi connectivity index (χ2n) is 3.77. The van der Waals surface area contributed by atoms with E-state index in [1.54, 1.807) is 42.5 Å². The van der Waals surface area contributed by atoms with Crippen molar-refractivity contribution in [1.29, 1.82) is 0 Å². The Hall–Kier alpha value is -1.22.